The SMILES string of the molecule is Cc1ccc(C)c(N2N=C(C(=O)N3CCc4cc5c(cc4[C@H]3C)OCCCO5)CCC2=O)c1. The molecule has 2 aromatic carbocycles. The molecule has 5 rings (SSSR count). The summed E-state index contributed by atoms with van der Waals surface area (Å²) in [6.45, 7) is 7.85. The molecule has 0 radical (unpaired) electrons. The summed E-state index contributed by atoms with van der Waals surface area (Å²) in [7, 11) is 0. The third-order valence-electron chi connectivity index (χ3n) is 6.68. The van der Waals surface area contributed by atoms with E-state index in [-0.39, 0.29) is 24.3 Å². The van der Waals surface area contributed by atoms with Gasteiger partial charge in [0.2, 0.25) is 5.91 Å². The first-order valence-electron chi connectivity index (χ1n) is 11.6. The van der Waals surface area contributed by atoms with Gasteiger partial charge in [-0.15, -0.1) is 0 Å². The fraction of sp³-hybridized carbons (Fsp3) is 0.423. The Morgan fingerprint density at radius 1 is 1.03 bits per heavy atom. The highest BCUT2D eigenvalue weighted by Gasteiger charge is 2.34. The van der Waals surface area contributed by atoms with E-state index in [0.717, 1.165) is 46.7 Å². The predicted molar refractivity (Wildman–Crippen MR) is 126 cm³/mol. The molecule has 0 unspecified atom stereocenters. The molecule has 0 spiro atoms. The largest absolute Gasteiger partial charge is 0.490 e. The topological polar surface area (TPSA) is 71.4 Å². The minimum absolute atomic E-state index is 0.0860. The zero-order chi connectivity index (χ0) is 23.1. The third kappa shape index (κ3) is 3.96. The minimum Gasteiger partial charge on any atom is -0.490 e. The quantitative estimate of drug-likeness (QED) is 0.695. The van der Waals surface area contributed by atoms with Crippen LogP contribution < -0.4 is 14.5 Å². The highest BCUT2D eigenvalue weighted by Crippen LogP contribution is 2.39. The van der Waals surface area contributed by atoms with Gasteiger partial charge in [0.1, 0.15) is 5.71 Å². The number of benzene rings is 2. The van der Waals surface area contributed by atoms with E-state index in [1.807, 2.05) is 49.9 Å². The van der Waals surface area contributed by atoms with Crippen molar-refractivity contribution in [3.8, 4) is 11.5 Å². The Hall–Kier alpha value is -3.35. The molecule has 0 bridgehead atoms. The number of hydrogen-bond acceptors (Lipinski definition) is 5. The molecule has 33 heavy (non-hydrogen) atoms. The lowest BCUT2D eigenvalue weighted by Gasteiger charge is -2.36. The fourth-order valence-electron chi connectivity index (χ4n) is 4.76. The van der Waals surface area contributed by atoms with Gasteiger partial charge < -0.3 is 14.4 Å². The van der Waals surface area contributed by atoms with Gasteiger partial charge in [-0.25, -0.2) is 5.01 Å². The van der Waals surface area contributed by atoms with Crippen LogP contribution in [0.15, 0.2) is 35.4 Å². The van der Waals surface area contributed by atoms with Crippen molar-refractivity contribution in [2.45, 2.75) is 52.5 Å². The Balaban J connectivity index is 1.43. The van der Waals surface area contributed by atoms with Gasteiger partial charge in [0.25, 0.3) is 5.91 Å². The molecule has 7 heteroatoms. The second kappa shape index (κ2) is 8.54. The summed E-state index contributed by atoms with van der Waals surface area (Å²) in [6, 6.07) is 9.89. The number of fused-ring (bicyclic) bond motifs is 2. The third-order valence-corrected chi connectivity index (χ3v) is 6.68. The molecule has 2 aromatic rings. The van der Waals surface area contributed by atoms with Crippen LogP contribution in [0.5, 0.6) is 11.5 Å². The Bertz CT molecular complexity index is 1160. The van der Waals surface area contributed by atoms with Crippen molar-refractivity contribution in [2.75, 3.05) is 24.8 Å². The van der Waals surface area contributed by atoms with E-state index < -0.39 is 0 Å². The van der Waals surface area contributed by atoms with Crippen LogP contribution in [0, 0.1) is 13.8 Å². The van der Waals surface area contributed by atoms with Crippen LogP contribution in [0.25, 0.3) is 0 Å². The van der Waals surface area contributed by atoms with Crippen molar-refractivity contribution < 1.29 is 19.1 Å². The predicted octanol–water partition coefficient (Wildman–Crippen LogP) is 4.09. The molecule has 0 aliphatic carbocycles. The van der Waals surface area contributed by atoms with E-state index in [2.05, 4.69) is 11.2 Å². The molecule has 0 saturated heterocycles. The zero-order valence-corrected chi connectivity index (χ0v) is 19.4. The summed E-state index contributed by atoms with van der Waals surface area (Å²) < 4.78 is 11.7. The Kier molecular flexibility index (Phi) is 5.56. The van der Waals surface area contributed by atoms with Crippen molar-refractivity contribution >= 4 is 23.2 Å². The van der Waals surface area contributed by atoms with Gasteiger partial charge in [-0.2, -0.15) is 5.10 Å². The molecule has 0 fully saturated rings. The van der Waals surface area contributed by atoms with Gasteiger partial charge in [0.05, 0.1) is 24.9 Å². The van der Waals surface area contributed by atoms with Crippen LogP contribution in [-0.4, -0.2) is 42.2 Å². The number of amides is 2. The molecular formula is C26H29N3O4. The van der Waals surface area contributed by atoms with Gasteiger partial charge in [-0.05, 0) is 67.6 Å². The van der Waals surface area contributed by atoms with E-state index in [0.29, 0.717) is 31.9 Å². The Labute approximate surface area is 194 Å². The van der Waals surface area contributed by atoms with Crippen LogP contribution in [0.4, 0.5) is 5.69 Å². The van der Waals surface area contributed by atoms with Crippen LogP contribution in [-0.2, 0) is 16.0 Å². The van der Waals surface area contributed by atoms with Crippen molar-refractivity contribution in [1.82, 2.24) is 4.90 Å². The number of hydrogen-bond donors (Lipinski definition) is 0. The lowest BCUT2D eigenvalue weighted by atomic mass is 9.92. The number of anilines is 1. The molecule has 172 valence electrons. The Morgan fingerprint density at radius 3 is 2.58 bits per heavy atom. The first-order valence-corrected chi connectivity index (χ1v) is 11.6. The average Bonchev–Trinajstić information content (AvgIpc) is 3.05. The van der Waals surface area contributed by atoms with Gasteiger partial charge >= 0.3 is 0 Å². The van der Waals surface area contributed by atoms with Crippen LogP contribution in [0.3, 0.4) is 0 Å². The summed E-state index contributed by atoms with van der Waals surface area (Å²) in [5.41, 5.74) is 5.44. The molecule has 0 saturated carbocycles. The second-order valence-electron chi connectivity index (χ2n) is 9.01. The molecule has 3 aliphatic rings. The fourth-order valence-corrected chi connectivity index (χ4v) is 4.76. The maximum Gasteiger partial charge on any atom is 0.270 e. The average molecular weight is 448 g/mol. The van der Waals surface area contributed by atoms with Crippen molar-refractivity contribution in [3.05, 3.63) is 52.6 Å². The van der Waals surface area contributed by atoms with E-state index >= 15 is 0 Å². The first kappa shape index (κ1) is 21.5. The number of hydrazone groups is 1. The monoisotopic (exact) mass is 447 g/mol. The van der Waals surface area contributed by atoms with E-state index in [9.17, 15) is 9.59 Å². The lowest BCUT2D eigenvalue weighted by molar-refractivity contribution is -0.126. The van der Waals surface area contributed by atoms with Crippen LogP contribution in [0.1, 0.15) is 54.5 Å². The summed E-state index contributed by atoms with van der Waals surface area (Å²) >= 11 is 0. The normalized spacial score (nSPS) is 20.2. The molecule has 7 nitrogen and oxygen atoms in total. The summed E-state index contributed by atoms with van der Waals surface area (Å²) in [5, 5.41) is 5.96. The van der Waals surface area contributed by atoms with E-state index in [1.54, 1.807) is 0 Å². The number of rotatable bonds is 2. The van der Waals surface area contributed by atoms with Gasteiger partial charge in [0, 0.05) is 25.8 Å². The summed E-state index contributed by atoms with van der Waals surface area (Å²) in [4.78, 5) is 28.1. The second-order valence-corrected chi connectivity index (χ2v) is 9.01. The van der Waals surface area contributed by atoms with Crippen molar-refractivity contribution in [2.24, 2.45) is 5.10 Å². The van der Waals surface area contributed by atoms with Crippen molar-refractivity contribution in [3.63, 3.8) is 0 Å². The number of nitrogens with zero attached hydrogens (tertiary/aromatic N) is 3. The maximum atomic E-state index is 13.6. The maximum absolute atomic E-state index is 13.6. The highest BCUT2D eigenvalue weighted by molar-refractivity contribution is 6.40. The highest BCUT2D eigenvalue weighted by atomic mass is 16.5. The standard InChI is InChI=1S/C26H29N3O4/c1-16-5-6-17(2)22(13-16)29-25(30)8-7-21(27-29)26(31)28-10-9-19-14-23-24(15-20(19)18(28)3)33-12-4-11-32-23/h5-6,13-15,18H,4,7-12H2,1-3H3/t18-/m1/s1. The summed E-state index contributed by atoms with van der Waals surface area (Å²) in [6.07, 6.45) is 2.23. The van der Waals surface area contributed by atoms with Gasteiger partial charge in [0.15, 0.2) is 11.5 Å². The number of carbonyl (C=O) groups excluding carboxylic acids is 2. The number of carbonyl (C=O) groups is 2. The summed E-state index contributed by atoms with van der Waals surface area (Å²) in [5.74, 6) is 1.34. The van der Waals surface area contributed by atoms with E-state index in [4.69, 9.17) is 9.47 Å². The number of ether oxygens (including phenoxy) is 2. The smallest absolute Gasteiger partial charge is 0.270 e. The lowest BCUT2D eigenvalue weighted by Crippen LogP contribution is -2.45. The molecule has 3 aliphatic heterocycles. The molecule has 3 heterocycles. The molecular weight excluding hydrogens is 418 g/mol. The van der Waals surface area contributed by atoms with Crippen LogP contribution in [0.2, 0.25) is 0 Å². The molecule has 0 aromatic heterocycles. The first-order chi connectivity index (χ1) is 15.9. The number of aryl methyl sites for hydroxylation is 2. The van der Waals surface area contributed by atoms with Crippen LogP contribution >= 0.6 is 0 Å². The Morgan fingerprint density at radius 2 is 1.79 bits per heavy atom. The molecule has 0 N–H and O–H groups in total. The zero-order valence-electron chi connectivity index (χ0n) is 19.4. The van der Waals surface area contributed by atoms with Crippen molar-refractivity contribution in [1.29, 1.82) is 0 Å². The van der Waals surface area contributed by atoms with Gasteiger partial charge in [-0.1, -0.05) is 12.1 Å². The van der Waals surface area contributed by atoms with E-state index in [1.165, 1.54) is 10.6 Å². The molecule has 1 atom stereocenters. The minimum atomic E-state index is -0.118. The van der Waals surface area contributed by atoms with Gasteiger partial charge in [-0.3, -0.25) is 9.59 Å². The molecule has 2 amide bonds.